The molecule has 3 rings (SSSR count). The van der Waals surface area contributed by atoms with Crippen molar-refractivity contribution in [2.24, 2.45) is 0 Å². The van der Waals surface area contributed by atoms with Crippen molar-refractivity contribution in [1.29, 1.82) is 0 Å². The summed E-state index contributed by atoms with van der Waals surface area (Å²) in [6, 6.07) is 13.1. The van der Waals surface area contributed by atoms with Gasteiger partial charge in [0.1, 0.15) is 17.3 Å². The van der Waals surface area contributed by atoms with Crippen molar-refractivity contribution in [2.75, 3.05) is 12.4 Å². The molecule has 0 saturated heterocycles. The van der Waals surface area contributed by atoms with E-state index in [0.29, 0.717) is 6.54 Å². The highest BCUT2D eigenvalue weighted by Gasteiger charge is 2.14. The van der Waals surface area contributed by atoms with E-state index in [1.807, 2.05) is 30.3 Å². The normalized spacial score (nSPS) is 10.4. The molecule has 0 radical (unpaired) electrons. The topological polar surface area (TPSA) is 58.1 Å². The Morgan fingerprint density at radius 2 is 1.62 bits per heavy atom. The molecule has 0 aliphatic heterocycles. The smallest absolute Gasteiger partial charge is 0.257 e. The molecule has 132 valence electrons. The number of hydrogen-bond acceptors (Lipinski definition) is 4. The van der Waals surface area contributed by atoms with Gasteiger partial charge in [-0.1, -0.05) is 36.4 Å². The van der Waals surface area contributed by atoms with Crippen LogP contribution in [0.4, 0.5) is 20.4 Å². The molecule has 2 aromatic carbocycles. The number of para-hydroxylation sites is 1. The summed E-state index contributed by atoms with van der Waals surface area (Å²) in [6.45, 7) is 0.445. The van der Waals surface area contributed by atoms with Crippen LogP contribution in [-0.2, 0) is 6.54 Å². The lowest BCUT2D eigenvalue weighted by atomic mass is 10.2. The molecular formula is C19H16F2N4O. The van der Waals surface area contributed by atoms with Crippen LogP contribution in [0.15, 0.2) is 60.9 Å². The fourth-order valence-electron chi connectivity index (χ4n) is 2.38. The summed E-state index contributed by atoms with van der Waals surface area (Å²) in [6.07, 6.45) is 2.63. The third-order valence-corrected chi connectivity index (χ3v) is 3.71. The predicted molar refractivity (Wildman–Crippen MR) is 93.9 cm³/mol. The van der Waals surface area contributed by atoms with Crippen LogP contribution in [0.3, 0.4) is 0 Å². The highest BCUT2D eigenvalue weighted by atomic mass is 19.1. The third kappa shape index (κ3) is 4.00. The minimum absolute atomic E-state index is 0.00346. The van der Waals surface area contributed by atoms with E-state index in [-0.39, 0.29) is 23.1 Å². The summed E-state index contributed by atoms with van der Waals surface area (Å²) >= 11 is 0. The van der Waals surface area contributed by atoms with Gasteiger partial charge < -0.3 is 10.2 Å². The molecule has 0 saturated carbocycles. The summed E-state index contributed by atoms with van der Waals surface area (Å²) in [5.74, 6) is -1.76. The molecule has 0 fully saturated rings. The minimum atomic E-state index is -0.753. The van der Waals surface area contributed by atoms with Gasteiger partial charge in [-0.15, -0.1) is 0 Å². The molecule has 0 spiro atoms. The van der Waals surface area contributed by atoms with Crippen molar-refractivity contribution in [2.45, 2.75) is 6.54 Å². The van der Waals surface area contributed by atoms with Crippen molar-refractivity contribution < 1.29 is 13.6 Å². The lowest BCUT2D eigenvalue weighted by molar-refractivity contribution is 0.0784. The molecule has 0 bridgehead atoms. The number of hydrogen-bond donors (Lipinski definition) is 1. The Bertz CT molecular complexity index is 881. The molecule has 0 aliphatic carbocycles. The van der Waals surface area contributed by atoms with E-state index >= 15 is 0 Å². The number of benzene rings is 2. The second kappa shape index (κ2) is 7.69. The number of rotatable bonds is 5. The third-order valence-electron chi connectivity index (χ3n) is 3.71. The number of halogens is 2. The molecule has 1 amide bonds. The Labute approximate surface area is 149 Å². The van der Waals surface area contributed by atoms with Crippen LogP contribution in [0.1, 0.15) is 15.9 Å². The Kier molecular flexibility index (Phi) is 5.17. The summed E-state index contributed by atoms with van der Waals surface area (Å²) < 4.78 is 27.3. The van der Waals surface area contributed by atoms with Crippen molar-refractivity contribution in [3.05, 3.63) is 83.7 Å². The largest absolute Gasteiger partial charge is 0.337 e. The molecule has 0 atom stereocenters. The maximum Gasteiger partial charge on any atom is 0.257 e. The molecule has 3 aromatic rings. The number of carbonyl (C=O) groups excluding carboxylic acids is 1. The number of carbonyl (C=O) groups is 1. The van der Waals surface area contributed by atoms with Gasteiger partial charge in [0.15, 0.2) is 0 Å². The van der Waals surface area contributed by atoms with E-state index in [4.69, 9.17) is 0 Å². The van der Waals surface area contributed by atoms with Crippen molar-refractivity contribution in [3.63, 3.8) is 0 Å². The Morgan fingerprint density at radius 1 is 1.00 bits per heavy atom. The van der Waals surface area contributed by atoms with Gasteiger partial charge in [0.25, 0.3) is 5.91 Å². The number of nitrogens with zero attached hydrogens (tertiary/aromatic N) is 3. The summed E-state index contributed by atoms with van der Waals surface area (Å²) in [5.41, 5.74) is 0.938. The first-order valence-electron chi connectivity index (χ1n) is 7.87. The molecule has 0 unspecified atom stereocenters. The lowest BCUT2D eigenvalue weighted by Gasteiger charge is -2.17. The number of amides is 1. The summed E-state index contributed by atoms with van der Waals surface area (Å²) in [5, 5.41) is 2.48. The molecule has 7 heteroatoms. The number of nitrogens with one attached hydrogen (secondary N) is 1. The SMILES string of the molecule is CN(Cc1ccccc1)C(=O)c1cnc(Nc2c(F)cccc2F)nc1. The molecule has 26 heavy (non-hydrogen) atoms. The molecule has 1 aromatic heterocycles. The molecular weight excluding hydrogens is 338 g/mol. The van der Waals surface area contributed by atoms with E-state index in [1.54, 1.807) is 7.05 Å². The Morgan fingerprint density at radius 3 is 2.23 bits per heavy atom. The van der Waals surface area contributed by atoms with Crippen LogP contribution < -0.4 is 5.32 Å². The maximum absolute atomic E-state index is 13.6. The van der Waals surface area contributed by atoms with Crippen molar-refractivity contribution in [1.82, 2.24) is 14.9 Å². The molecule has 1 N–H and O–H groups in total. The Hall–Kier alpha value is -3.35. The average Bonchev–Trinajstić information content (AvgIpc) is 2.65. The lowest BCUT2D eigenvalue weighted by Crippen LogP contribution is -2.26. The zero-order chi connectivity index (χ0) is 18.5. The highest BCUT2D eigenvalue weighted by molar-refractivity contribution is 5.93. The fraction of sp³-hybridized carbons (Fsp3) is 0.105. The van der Waals surface area contributed by atoms with E-state index in [2.05, 4.69) is 15.3 Å². The first-order chi connectivity index (χ1) is 12.5. The first-order valence-corrected chi connectivity index (χ1v) is 7.87. The quantitative estimate of drug-likeness (QED) is 0.758. The number of anilines is 2. The second-order valence-electron chi connectivity index (χ2n) is 5.66. The molecule has 0 aliphatic rings. The van der Waals surface area contributed by atoms with E-state index in [1.165, 1.54) is 23.4 Å². The van der Waals surface area contributed by atoms with Gasteiger partial charge in [0, 0.05) is 26.0 Å². The molecule has 5 nitrogen and oxygen atoms in total. The second-order valence-corrected chi connectivity index (χ2v) is 5.66. The zero-order valence-electron chi connectivity index (χ0n) is 14.0. The standard InChI is InChI=1S/C19H16F2N4O/c1-25(12-13-6-3-2-4-7-13)18(26)14-10-22-19(23-11-14)24-17-15(20)8-5-9-16(17)21/h2-11H,12H2,1H3,(H,22,23,24). The van der Waals surface area contributed by atoms with Crippen LogP contribution in [0.5, 0.6) is 0 Å². The predicted octanol–water partition coefficient (Wildman–Crippen LogP) is 3.77. The summed E-state index contributed by atoms with van der Waals surface area (Å²) in [4.78, 5) is 21.9. The van der Waals surface area contributed by atoms with Crippen LogP contribution in [0.2, 0.25) is 0 Å². The first kappa shape index (κ1) is 17.5. The van der Waals surface area contributed by atoms with E-state index in [9.17, 15) is 13.6 Å². The fourth-order valence-corrected chi connectivity index (χ4v) is 2.38. The van der Waals surface area contributed by atoms with Gasteiger partial charge in [-0.25, -0.2) is 18.7 Å². The monoisotopic (exact) mass is 354 g/mol. The highest BCUT2D eigenvalue weighted by Crippen LogP contribution is 2.21. The van der Waals surface area contributed by atoms with Gasteiger partial charge in [0.2, 0.25) is 5.95 Å². The van der Waals surface area contributed by atoms with Gasteiger partial charge in [0.05, 0.1) is 5.56 Å². The van der Waals surface area contributed by atoms with E-state index < -0.39 is 11.6 Å². The van der Waals surface area contributed by atoms with Crippen LogP contribution in [0, 0.1) is 11.6 Å². The summed E-state index contributed by atoms with van der Waals surface area (Å²) in [7, 11) is 1.68. The van der Waals surface area contributed by atoms with Gasteiger partial charge >= 0.3 is 0 Å². The van der Waals surface area contributed by atoms with Gasteiger partial charge in [-0.3, -0.25) is 4.79 Å². The van der Waals surface area contributed by atoms with Crippen LogP contribution in [-0.4, -0.2) is 27.8 Å². The van der Waals surface area contributed by atoms with Crippen LogP contribution >= 0.6 is 0 Å². The average molecular weight is 354 g/mol. The zero-order valence-corrected chi connectivity index (χ0v) is 14.0. The van der Waals surface area contributed by atoms with Crippen molar-refractivity contribution in [3.8, 4) is 0 Å². The van der Waals surface area contributed by atoms with Crippen LogP contribution in [0.25, 0.3) is 0 Å². The maximum atomic E-state index is 13.6. The van der Waals surface area contributed by atoms with E-state index in [0.717, 1.165) is 17.7 Å². The van der Waals surface area contributed by atoms with Gasteiger partial charge in [-0.05, 0) is 17.7 Å². The van der Waals surface area contributed by atoms with Crippen molar-refractivity contribution >= 4 is 17.5 Å². The number of aromatic nitrogens is 2. The minimum Gasteiger partial charge on any atom is -0.337 e. The Balaban J connectivity index is 1.70. The van der Waals surface area contributed by atoms with Gasteiger partial charge in [-0.2, -0.15) is 0 Å². The molecule has 1 heterocycles.